The number of piperidine rings is 1. The number of nitrogens with two attached hydrogens (primary N) is 1. The fourth-order valence-corrected chi connectivity index (χ4v) is 4.98. The number of fused-ring (bicyclic) bond motifs is 1. The molecule has 0 bridgehead atoms. The number of primary amides is 1. The Bertz CT molecular complexity index is 1170. The quantitative estimate of drug-likeness (QED) is 0.658. The van der Waals surface area contributed by atoms with E-state index in [1.165, 1.54) is 12.1 Å². The van der Waals surface area contributed by atoms with Crippen LogP contribution in [0, 0.1) is 5.82 Å². The van der Waals surface area contributed by atoms with Gasteiger partial charge in [0.2, 0.25) is 0 Å². The highest BCUT2D eigenvalue weighted by atomic mass is 19.1. The van der Waals surface area contributed by atoms with Crippen molar-refractivity contribution < 1.29 is 14.0 Å². The summed E-state index contributed by atoms with van der Waals surface area (Å²) in [5, 5.41) is 0. The van der Waals surface area contributed by atoms with E-state index in [-0.39, 0.29) is 12.2 Å². The largest absolute Gasteiger partial charge is 0.360 e. The molecule has 3 aromatic rings. The van der Waals surface area contributed by atoms with Crippen LogP contribution >= 0.6 is 0 Å². The molecule has 2 amide bonds. The van der Waals surface area contributed by atoms with E-state index in [0.29, 0.717) is 38.0 Å². The number of Topliss-reactive ketones (excluding diaryl/α,β-unsaturated/α-hetero) is 1. The zero-order valence-corrected chi connectivity index (χ0v) is 17.6. The lowest BCUT2D eigenvalue weighted by Gasteiger charge is -2.52. The summed E-state index contributed by atoms with van der Waals surface area (Å²) in [6.45, 7) is 1.53. The minimum absolute atomic E-state index is 0.0624. The number of aromatic amines is 1. The van der Waals surface area contributed by atoms with Gasteiger partial charge in [-0.05, 0) is 42.7 Å². The molecule has 3 N–H and O–H groups in total. The monoisotopic (exact) mass is 433 g/mol. The Kier molecular flexibility index (Phi) is 4.92. The van der Waals surface area contributed by atoms with E-state index in [4.69, 9.17) is 5.73 Å². The number of ketones is 1. The summed E-state index contributed by atoms with van der Waals surface area (Å²) < 4.78 is 14.0. The Morgan fingerprint density at radius 1 is 1.19 bits per heavy atom. The summed E-state index contributed by atoms with van der Waals surface area (Å²) >= 11 is 0. The Balaban J connectivity index is 1.54. The lowest BCUT2D eigenvalue weighted by molar-refractivity contribution is 0.0885. The summed E-state index contributed by atoms with van der Waals surface area (Å²) in [6, 6.07) is 12.1. The SMILES string of the molecule is NC(=O)N1CCC2(CC1)CC(=O)c1cc(F)ccc1N2Cc1cccc(-c2ncc[nH]2)c1. The predicted molar refractivity (Wildman–Crippen MR) is 119 cm³/mol. The molecule has 3 heterocycles. The van der Waals surface area contributed by atoms with E-state index in [9.17, 15) is 14.0 Å². The molecule has 0 atom stereocenters. The third-order valence-electron chi connectivity index (χ3n) is 6.66. The van der Waals surface area contributed by atoms with E-state index >= 15 is 0 Å². The van der Waals surface area contributed by atoms with E-state index in [0.717, 1.165) is 22.6 Å². The topological polar surface area (TPSA) is 95.3 Å². The Labute approximate surface area is 185 Å². The molecule has 1 saturated heterocycles. The number of nitrogens with one attached hydrogen (secondary N) is 1. The Hall–Kier alpha value is -3.68. The summed E-state index contributed by atoms with van der Waals surface area (Å²) in [7, 11) is 0. The maximum Gasteiger partial charge on any atom is 0.314 e. The highest BCUT2D eigenvalue weighted by molar-refractivity contribution is 6.04. The summed E-state index contributed by atoms with van der Waals surface area (Å²) in [5.74, 6) is 0.302. The number of likely N-dealkylation sites (tertiary alicyclic amines) is 1. The van der Waals surface area contributed by atoms with Gasteiger partial charge in [-0.15, -0.1) is 0 Å². The number of hydrogen-bond acceptors (Lipinski definition) is 4. The van der Waals surface area contributed by atoms with Crippen molar-refractivity contribution >= 4 is 17.5 Å². The van der Waals surface area contributed by atoms with Crippen molar-refractivity contribution in [3.63, 3.8) is 0 Å². The van der Waals surface area contributed by atoms with Gasteiger partial charge in [0, 0.05) is 55.3 Å². The first-order chi connectivity index (χ1) is 15.4. The molecule has 2 aliphatic rings. The van der Waals surface area contributed by atoms with Crippen molar-refractivity contribution in [2.24, 2.45) is 5.73 Å². The van der Waals surface area contributed by atoms with E-state index in [1.54, 1.807) is 23.4 Å². The van der Waals surface area contributed by atoms with Gasteiger partial charge in [-0.3, -0.25) is 4.79 Å². The van der Waals surface area contributed by atoms with Crippen molar-refractivity contribution in [3.05, 3.63) is 71.8 Å². The van der Waals surface area contributed by atoms with Crippen LogP contribution < -0.4 is 10.6 Å². The number of rotatable bonds is 3. The normalized spacial score (nSPS) is 17.5. The molecule has 2 aromatic carbocycles. The van der Waals surface area contributed by atoms with Crippen molar-refractivity contribution in [1.82, 2.24) is 14.9 Å². The first-order valence-electron chi connectivity index (χ1n) is 10.7. The summed E-state index contributed by atoms with van der Waals surface area (Å²) in [5.41, 5.74) is 8.21. The number of hydrogen-bond donors (Lipinski definition) is 2. The maximum absolute atomic E-state index is 14.0. The van der Waals surface area contributed by atoms with Crippen molar-refractivity contribution in [1.29, 1.82) is 0 Å². The molecule has 7 nitrogen and oxygen atoms in total. The second-order valence-electron chi connectivity index (χ2n) is 8.54. The minimum atomic E-state index is -0.450. The van der Waals surface area contributed by atoms with Gasteiger partial charge in [0.1, 0.15) is 11.6 Å². The number of halogens is 1. The zero-order chi connectivity index (χ0) is 22.3. The fraction of sp³-hybridized carbons (Fsp3) is 0.292. The van der Waals surface area contributed by atoms with Crippen LogP contribution in [0.4, 0.5) is 14.9 Å². The fourth-order valence-electron chi connectivity index (χ4n) is 4.98. The number of aromatic nitrogens is 2. The summed E-state index contributed by atoms with van der Waals surface area (Å²) in [6.07, 6.45) is 5.02. The van der Waals surface area contributed by atoms with Crippen LogP contribution in [0.2, 0.25) is 0 Å². The van der Waals surface area contributed by atoms with Crippen LogP contribution in [-0.4, -0.2) is 45.3 Å². The smallest absolute Gasteiger partial charge is 0.314 e. The number of carbonyl (C=O) groups excluding carboxylic acids is 2. The van der Waals surface area contributed by atoms with Crippen LogP contribution in [0.25, 0.3) is 11.4 Å². The molecule has 164 valence electrons. The second-order valence-corrected chi connectivity index (χ2v) is 8.54. The third kappa shape index (κ3) is 3.51. The number of amides is 2. The van der Waals surface area contributed by atoms with Crippen molar-refractivity contribution in [2.75, 3.05) is 18.0 Å². The van der Waals surface area contributed by atoms with Gasteiger partial charge >= 0.3 is 6.03 Å². The minimum Gasteiger partial charge on any atom is -0.360 e. The predicted octanol–water partition coefficient (Wildman–Crippen LogP) is 3.72. The molecular weight excluding hydrogens is 409 g/mol. The first-order valence-corrected chi connectivity index (χ1v) is 10.7. The lowest BCUT2D eigenvalue weighted by atomic mass is 9.76. The second kappa shape index (κ2) is 7.78. The molecule has 1 aromatic heterocycles. The molecule has 0 radical (unpaired) electrons. The van der Waals surface area contributed by atoms with Crippen LogP contribution in [0.3, 0.4) is 0 Å². The highest BCUT2D eigenvalue weighted by Crippen LogP contribution is 2.44. The zero-order valence-electron chi connectivity index (χ0n) is 17.6. The third-order valence-corrected chi connectivity index (χ3v) is 6.66. The van der Waals surface area contributed by atoms with Gasteiger partial charge in [-0.25, -0.2) is 14.2 Å². The van der Waals surface area contributed by atoms with Crippen molar-refractivity contribution in [2.45, 2.75) is 31.3 Å². The highest BCUT2D eigenvalue weighted by Gasteiger charge is 2.46. The van der Waals surface area contributed by atoms with Gasteiger partial charge in [0.15, 0.2) is 5.78 Å². The Morgan fingerprint density at radius 3 is 2.72 bits per heavy atom. The molecule has 0 saturated carbocycles. The molecule has 2 aliphatic heterocycles. The Morgan fingerprint density at radius 2 is 2.00 bits per heavy atom. The van der Waals surface area contributed by atoms with Crippen LogP contribution in [0.1, 0.15) is 35.2 Å². The lowest BCUT2D eigenvalue weighted by Crippen LogP contribution is -2.59. The number of nitrogens with zero attached hydrogens (tertiary/aromatic N) is 3. The first kappa shape index (κ1) is 20.2. The standard InChI is InChI=1S/C24H24FN5O2/c25-18-4-5-20-19(13-18)21(31)14-24(6-10-29(11-7-24)23(26)32)30(20)15-16-2-1-3-17(12-16)22-27-8-9-28-22/h1-5,8-9,12-13H,6-7,10-11,14-15H2,(H2,26,32)(H,27,28). The molecule has 32 heavy (non-hydrogen) atoms. The van der Waals surface area contributed by atoms with E-state index in [2.05, 4.69) is 20.9 Å². The van der Waals surface area contributed by atoms with Crippen molar-refractivity contribution in [3.8, 4) is 11.4 Å². The average molecular weight is 433 g/mol. The number of H-pyrrole nitrogens is 1. The molecule has 5 rings (SSSR count). The molecule has 8 heteroatoms. The van der Waals surface area contributed by atoms with Gasteiger partial charge in [-0.1, -0.05) is 18.2 Å². The number of carbonyl (C=O) groups is 2. The van der Waals surface area contributed by atoms with Gasteiger partial charge in [-0.2, -0.15) is 0 Å². The molecule has 1 fully saturated rings. The molecule has 0 aliphatic carbocycles. The molecular formula is C24H24FN5O2. The van der Waals surface area contributed by atoms with Crippen LogP contribution in [0.15, 0.2) is 54.9 Å². The van der Waals surface area contributed by atoms with Gasteiger partial charge in [0.05, 0.1) is 5.54 Å². The maximum atomic E-state index is 14.0. The number of imidazole rings is 1. The number of anilines is 1. The van der Waals surface area contributed by atoms with Crippen LogP contribution in [0.5, 0.6) is 0 Å². The number of urea groups is 1. The number of benzene rings is 2. The van der Waals surface area contributed by atoms with Crippen LogP contribution in [-0.2, 0) is 6.54 Å². The average Bonchev–Trinajstić information content (AvgIpc) is 3.32. The summed E-state index contributed by atoms with van der Waals surface area (Å²) in [4.78, 5) is 36.0. The van der Waals surface area contributed by atoms with Gasteiger partial charge in [0.25, 0.3) is 0 Å². The molecule has 0 unspecified atom stereocenters. The van der Waals surface area contributed by atoms with E-state index in [1.807, 2.05) is 18.2 Å². The molecule has 1 spiro atoms. The van der Waals surface area contributed by atoms with E-state index < -0.39 is 17.4 Å². The van der Waals surface area contributed by atoms with Gasteiger partial charge < -0.3 is 20.5 Å².